The first-order valence-electron chi connectivity index (χ1n) is 10.2. The highest BCUT2D eigenvalue weighted by molar-refractivity contribution is 5.95. The molecule has 2 heterocycles. The fourth-order valence-corrected chi connectivity index (χ4v) is 3.09. The highest BCUT2D eigenvalue weighted by Gasteiger charge is 2.25. The van der Waals surface area contributed by atoms with Crippen molar-refractivity contribution in [2.45, 2.75) is 32.9 Å². The molecule has 0 unspecified atom stereocenters. The van der Waals surface area contributed by atoms with Gasteiger partial charge < -0.3 is 19.8 Å². The minimum atomic E-state index is -0.646. The van der Waals surface area contributed by atoms with Crippen molar-refractivity contribution in [3.05, 3.63) is 72.1 Å². The van der Waals surface area contributed by atoms with Crippen molar-refractivity contribution in [1.82, 2.24) is 15.6 Å². The van der Waals surface area contributed by atoms with Crippen molar-refractivity contribution < 1.29 is 18.7 Å². The number of aromatic nitrogens is 1. The van der Waals surface area contributed by atoms with Crippen molar-refractivity contribution >= 4 is 11.8 Å². The standard InChI is InChI=1S/C24H27N3O4/c1-15(2)22(24(29)25-4)27-23(28)21-13-12-20(31-21)19-11-10-18(14-26-19)30-16(3)17-8-6-5-7-9-17/h5-16,22H,1-4H3,(H,25,29)(H,27,28)/t16-,22-/m0/s1. The van der Waals surface area contributed by atoms with Gasteiger partial charge in [0, 0.05) is 7.05 Å². The zero-order chi connectivity index (χ0) is 22.4. The third kappa shape index (κ3) is 5.51. The molecule has 3 rings (SSSR count). The topological polar surface area (TPSA) is 93.5 Å². The zero-order valence-electron chi connectivity index (χ0n) is 18.1. The average Bonchev–Trinajstić information content (AvgIpc) is 3.28. The summed E-state index contributed by atoms with van der Waals surface area (Å²) in [5, 5.41) is 5.27. The van der Waals surface area contributed by atoms with E-state index in [1.165, 1.54) is 7.05 Å². The molecule has 2 amide bonds. The van der Waals surface area contributed by atoms with Crippen LogP contribution in [0.15, 0.2) is 65.2 Å². The molecular weight excluding hydrogens is 394 g/mol. The van der Waals surface area contributed by atoms with Crippen LogP contribution in [0.4, 0.5) is 0 Å². The number of nitrogens with zero attached hydrogens (tertiary/aromatic N) is 1. The van der Waals surface area contributed by atoms with Gasteiger partial charge in [0.05, 0.1) is 6.20 Å². The molecule has 0 aliphatic carbocycles. The molecule has 2 aromatic heterocycles. The van der Waals surface area contributed by atoms with Gasteiger partial charge in [0.25, 0.3) is 5.91 Å². The molecule has 3 aromatic rings. The molecule has 2 N–H and O–H groups in total. The van der Waals surface area contributed by atoms with Crippen LogP contribution in [0, 0.1) is 5.92 Å². The number of hydrogen-bond acceptors (Lipinski definition) is 5. The summed E-state index contributed by atoms with van der Waals surface area (Å²) >= 11 is 0. The lowest BCUT2D eigenvalue weighted by Crippen LogP contribution is -2.48. The van der Waals surface area contributed by atoms with Crippen LogP contribution in [-0.4, -0.2) is 29.9 Å². The van der Waals surface area contributed by atoms with Crippen LogP contribution in [0.1, 0.15) is 43.0 Å². The van der Waals surface area contributed by atoms with Crippen LogP contribution in [-0.2, 0) is 4.79 Å². The summed E-state index contributed by atoms with van der Waals surface area (Å²) in [6.07, 6.45) is 1.51. The predicted molar refractivity (Wildman–Crippen MR) is 118 cm³/mol. The van der Waals surface area contributed by atoms with Crippen LogP contribution in [0.3, 0.4) is 0 Å². The highest BCUT2D eigenvalue weighted by Crippen LogP contribution is 2.25. The molecule has 0 spiro atoms. The molecule has 0 fully saturated rings. The number of amides is 2. The molecule has 0 saturated carbocycles. The Morgan fingerprint density at radius 2 is 1.74 bits per heavy atom. The number of likely N-dealkylation sites (N-methyl/N-ethyl adjacent to an activating group) is 1. The van der Waals surface area contributed by atoms with Crippen molar-refractivity contribution in [1.29, 1.82) is 0 Å². The maximum absolute atomic E-state index is 12.5. The Morgan fingerprint density at radius 1 is 1.00 bits per heavy atom. The van der Waals surface area contributed by atoms with Gasteiger partial charge in [-0.3, -0.25) is 9.59 Å². The SMILES string of the molecule is CNC(=O)[C@@H](NC(=O)c1ccc(-c2ccc(O[C@@H](C)c3ccccc3)cn2)o1)C(C)C. The van der Waals surface area contributed by atoms with E-state index in [0.717, 1.165) is 5.56 Å². The number of carbonyl (C=O) groups is 2. The molecule has 2 atom stereocenters. The third-order valence-corrected chi connectivity index (χ3v) is 4.88. The molecule has 0 radical (unpaired) electrons. The van der Waals surface area contributed by atoms with E-state index in [1.807, 2.05) is 57.2 Å². The molecule has 0 aliphatic heterocycles. The van der Waals surface area contributed by atoms with Crippen LogP contribution in [0.2, 0.25) is 0 Å². The summed E-state index contributed by atoms with van der Waals surface area (Å²) in [6.45, 7) is 5.70. The number of furan rings is 1. The maximum Gasteiger partial charge on any atom is 0.287 e. The Labute approximate surface area is 181 Å². The maximum atomic E-state index is 12.5. The molecule has 162 valence electrons. The average molecular weight is 421 g/mol. The molecule has 7 nitrogen and oxygen atoms in total. The van der Waals surface area contributed by atoms with E-state index in [9.17, 15) is 9.59 Å². The van der Waals surface area contributed by atoms with Crippen molar-refractivity contribution in [3.63, 3.8) is 0 Å². The summed E-state index contributed by atoms with van der Waals surface area (Å²) in [6, 6.07) is 16.1. The number of hydrogen-bond donors (Lipinski definition) is 2. The Bertz CT molecular complexity index is 1010. The molecule has 0 aliphatic rings. The number of ether oxygens (including phenoxy) is 1. The molecule has 0 bridgehead atoms. The van der Waals surface area contributed by atoms with Gasteiger partial charge in [-0.05, 0) is 42.7 Å². The van der Waals surface area contributed by atoms with Crippen LogP contribution in [0.25, 0.3) is 11.5 Å². The van der Waals surface area contributed by atoms with E-state index in [4.69, 9.17) is 9.15 Å². The van der Waals surface area contributed by atoms with E-state index in [0.29, 0.717) is 17.2 Å². The predicted octanol–water partition coefficient (Wildman–Crippen LogP) is 3.98. The van der Waals surface area contributed by atoms with Crippen LogP contribution >= 0.6 is 0 Å². The van der Waals surface area contributed by atoms with Gasteiger partial charge >= 0.3 is 0 Å². The lowest BCUT2D eigenvalue weighted by Gasteiger charge is -2.19. The first-order chi connectivity index (χ1) is 14.9. The molecule has 7 heteroatoms. The van der Waals surface area contributed by atoms with E-state index < -0.39 is 11.9 Å². The van der Waals surface area contributed by atoms with E-state index in [1.54, 1.807) is 24.4 Å². The van der Waals surface area contributed by atoms with Gasteiger partial charge in [-0.2, -0.15) is 0 Å². The fourth-order valence-electron chi connectivity index (χ4n) is 3.09. The summed E-state index contributed by atoms with van der Waals surface area (Å²) in [5.41, 5.74) is 1.65. The number of nitrogens with one attached hydrogen (secondary N) is 2. The Balaban J connectivity index is 1.66. The summed E-state index contributed by atoms with van der Waals surface area (Å²) in [4.78, 5) is 28.9. The van der Waals surface area contributed by atoms with Crippen molar-refractivity contribution in [2.75, 3.05) is 7.05 Å². The summed E-state index contributed by atoms with van der Waals surface area (Å²) in [5.74, 6) is 0.432. The normalized spacial score (nSPS) is 12.8. The van der Waals surface area contributed by atoms with E-state index >= 15 is 0 Å². The number of pyridine rings is 1. The molecule has 31 heavy (non-hydrogen) atoms. The largest absolute Gasteiger partial charge is 0.484 e. The second-order valence-electron chi connectivity index (χ2n) is 7.52. The molecular formula is C24H27N3O4. The van der Waals surface area contributed by atoms with Gasteiger partial charge in [-0.1, -0.05) is 44.2 Å². The Morgan fingerprint density at radius 3 is 2.35 bits per heavy atom. The van der Waals surface area contributed by atoms with E-state index in [2.05, 4.69) is 15.6 Å². The fraction of sp³-hybridized carbons (Fsp3) is 0.292. The minimum absolute atomic E-state index is 0.0641. The minimum Gasteiger partial charge on any atom is -0.484 e. The van der Waals surface area contributed by atoms with E-state index in [-0.39, 0.29) is 23.7 Å². The van der Waals surface area contributed by atoms with Gasteiger partial charge in [0.2, 0.25) is 5.91 Å². The smallest absolute Gasteiger partial charge is 0.287 e. The first kappa shape index (κ1) is 22.1. The second-order valence-corrected chi connectivity index (χ2v) is 7.52. The Hall–Kier alpha value is -3.61. The van der Waals surface area contributed by atoms with Gasteiger partial charge in [0.1, 0.15) is 23.6 Å². The number of rotatable bonds is 8. The van der Waals surface area contributed by atoms with Gasteiger partial charge in [0.15, 0.2) is 11.5 Å². The molecule has 1 aromatic carbocycles. The zero-order valence-corrected chi connectivity index (χ0v) is 18.1. The monoisotopic (exact) mass is 421 g/mol. The van der Waals surface area contributed by atoms with Crippen molar-refractivity contribution in [2.24, 2.45) is 5.92 Å². The highest BCUT2D eigenvalue weighted by atomic mass is 16.5. The lowest BCUT2D eigenvalue weighted by molar-refractivity contribution is -0.123. The first-order valence-corrected chi connectivity index (χ1v) is 10.2. The van der Waals surface area contributed by atoms with Crippen LogP contribution < -0.4 is 15.4 Å². The van der Waals surface area contributed by atoms with Crippen LogP contribution in [0.5, 0.6) is 5.75 Å². The summed E-state index contributed by atoms with van der Waals surface area (Å²) in [7, 11) is 1.54. The summed E-state index contributed by atoms with van der Waals surface area (Å²) < 4.78 is 11.6. The number of carbonyl (C=O) groups excluding carboxylic acids is 2. The number of benzene rings is 1. The quantitative estimate of drug-likeness (QED) is 0.574. The third-order valence-electron chi connectivity index (χ3n) is 4.88. The Kier molecular flexibility index (Phi) is 7.07. The van der Waals surface area contributed by atoms with Gasteiger partial charge in [-0.15, -0.1) is 0 Å². The lowest BCUT2D eigenvalue weighted by atomic mass is 10.0. The second kappa shape index (κ2) is 9.93. The van der Waals surface area contributed by atoms with Gasteiger partial charge in [-0.25, -0.2) is 4.98 Å². The van der Waals surface area contributed by atoms with Crippen molar-refractivity contribution in [3.8, 4) is 17.2 Å². The molecule has 0 saturated heterocycles.